The first kappa shape index (κ1) is 40.4. The maximum Gasteiger partial charge on any atom is 0.490 e. The van der Waals surface area contributed by atoms with Crippen LogP contribution >= 0.6 is 0 Å². The molecule has 3 rings (SSSR count). The van der Waals surface area contributed by atoms with Gasteiger partial charge in [0.1, 0.15) is 12.0 Å². The zero-order valence-electron chi connectivity index (χ0n) is 29.3. The Hall–Kier alpha value is -3.80. The SMILES string of the molecule is CCCN(CCC(C)CC)C1CCN(c2ccc(N(CCC=O)C(=O)N(C)Cc3ccc(OC)cc3)c(C)c2)CC1.O=C(O)C(F)(F)F. The summed E-state index contributed by atoms with van der Waals surface area (Å²) in [7, 11) is 3.45. The van der Waals surface area contributed by atoms with Crippen LogP contribution in [0.3, 0.4) is 0 Å². The van der Waals surface area contributed by atoms with Crippen LogP contribution in [-0.2, 0) is 16.1 Å². The molecule has 0 aliphatic carbocycles. The first-order chi connectivity index (χ1) is 22.7. The van der Waals surface area contributed by atoms with Crippen molar-refractivity contribution in [1.29, 1.82) is 0 Å². The number of anilines is 2. The van der Waals surface area contributed by atoms with E-state index >= 15 is 0 Å². The van der Waals surface area contributed by atoms with Crippen molar-refractivity contribution >= 4 is 29.7 Å². The minimum atomic E-state index is -5.08. The van der Waals surface area contributed by atoms with Gasteiger partial charge in [0, 0.05) is 57.1 Å². The molecule has 9 nitrogen and oxygen atoms in total. The zero-order chi connectivity index (χ0) is 35.9. The number of amides is 2. The van der Waals surface area contributed by atoms with Crippen molar-refractivity contribution in [1.82, 2.24) is 9.80 Å². The number of aryl methyl sites for hydroxylation is 1. The van der Waals surface area contributed by atoms with Crippen LogP contribution in [0.25, 0.3) is 0 Å². The highest BCUT2D eigenvalue weighted by atomic mass is 19.4. The average molecular weight is 679 g/mol. The predicted octanol–water partition coefficient (Wildman–Crippen LogP) is 7.40. The Kier molecular flexibility index (Phi) is 16.7. The van der Waals surface area contributed by atoms with E-state index in [1.165, 1.54) is 50.9 Å². The van der Waals surface area contributed by atoms with Crippen LogP contribution in [0.15, 0.2) is 42.5 Å². The van der Waals surface area contributed by atoms with Crippen LogP contribution in [0, 0.1) is 12.8 Å². The fraction of sp³-hybridized carbons (Fsp3) is 0.583. The lowest BCUT2D eigenvalue weighted by Crippen LogP contribution is -2.46. The third-order valence-electron chi connectivity index (χ3n) is 8.78. The first-order valence-corrected chi connectivity index (χ1v) is 16.7. The summed E-state index contributed by atoms with van der Waals surface area (Å²) in [5, 5.41) is 7.12. The van der Waals surface area contributed by atoms with Gasteiger partial charge in [-0.1, -0.05) is 39.3 Å². The molecule has 1 unspecified atom stereocenters. The molecule has 1 atom stereocenters. The summed E-state index contributed by atoms with van der Waals surface area (Å²) in [4.78, 5) is 42.4. The number of methoxy groups -OCH3 is 1. The third-order valence-corrected chi connectivity index (χ3v) is 8.78. The lowest BCUT2D eigenvalue weighted by Gasteiger charge is -2.40. The first-order valence-electron chi connectivity index (χ1n) is 16.7. The van der Waals surface area contributed by atoms with Crippen LogP contribution in [0.4, 0.5) is 29.3 Å². The molecule has 1 N–H and O–H groups in total. The molecule has 1 saturated heterocycles. The summed E-state index contributed by atoms with van der Waals surface area (Å²) in [5.74, 6) is -1.18. The Morgan fingerprint density at radius 3 is 2.19 bits per heavy atom. The summed E-state index contributed by atoms with van der Waals surface area (Å²) in [6, 6.07) is 14.7. The number of nitrogens with zero attached hydrogens (tertiary/aromatic N) is 4. The fourth-order valence-electron chi connectivity index (χ4n) is 5.76. The van der Waals surface area contributed by atoms with Crippen molar-refractivity contribution in [2.45, 2.75) is 85.0 Å². The number of piperidine rings is 1. The van der Waals surface area contributed by atoms with Crippen LogP contribution in [0.2, 0.25) is 0 Å². The number of alkyl halides is 3. The minimum Gasteiger partial charge on any atom is -0.497 e. The highest BCUT2D eigenvalue weighted by Gasteiger charge is 2.38. The second-order valence-corrected chi connectivity index (χ2v) is 12.4. The van der Waals surface area contributed by atoms with E-state index in [2.05, 4.69) is 55.7 Å². The summed E-state index contributed by atoms with van der Waals surface area (Å²) in [6.07, 6.45) is 2.19. The topological polar surface area (TPSA) is 93.6 Å². The summed E-state index contributed by atoms with van der Waals surface area (Å²) < 4.78 is 37.0. The van der Waals surface area contributed by atoms with E-state index in [0.717, 1.165) is 47.9 Å². The number of ether oxygens (including phenoxy) is 1. The third kappa shape index (κ3) is 12.7. The van der Waals surface area contributed by atoms with E-state index in [1.54, 1.807) is 24.0 Å². The van der Waals surface area contributed by atoms with Crippen LogP contribution < -0.4 is 14.5 Å². The minimum absolute atomic E-state index is 0.118. The monoisotopic (exact) mass is 678 g/mol. The van der Waals surface area contributed by atoms with Crippen LogP contribution in [0.5, 0.6) is 5.75 Å². The second kappa shape index (κ2) is 19.9. The van der Waals surface area contributed by atoms with Gasteiger partial charge in [-0.05, 0) is 93.1 Å². The second-order valence-electron chi connectivity index (χ2n) is 12.4. The van der Waals surface area contributed by atoms with Crippen molar-refractivity contribution in [2.75, 3.05) is 56.7 Å². The summed E-state index contributed by atoms with van der Waals surface area (Å²) in [6.45, 7) is 14.3. The fourth-order valence-corrected chi connectivity index (χ4v) is 5.76. The molecule has 0 spiro atoms. The molecule has 0 saturated carbocycles. The number of benzene rings is 2. The van der Waals surface area contributed by atoms with Gasteiger partial charge in [0.2, 0.25) is 0 Å². The zero-order valence-corrected chi connectivity index (χ0v) is 29.3. The van der Waals surface area contributed by atoms with Gasteiger partial charge in [-0.2, -0.15) is 13.2 Å². The average Bonchev–Trinajstić information content (AvgIpc) is 3.07. The smallest absolute Gasteiger partial charge is 0.490 e. The maximum atomic E-state index is 13.6. The molecule has 2 amide bonds. The van der Waals surface area contributed by atoms with Gasteiger partial charge in [0.15, 0.2) is 0 Å². The molecule has 268 valence electrons. The predicted molar refractivity (Wildman–Crippen MR) is 184 cm³/mol. The van der Waals surface area contributed by atoms with E-state index in [9.17, 15) is 22.8 Å². The highest BCUT2D eigenvalue weighted by molar-refractivity contribution is 5.93. The summed E-state index contributed by atoms with van der Waals surface area (Å²) in [5.41, 5.74) is 4.13. The molecule has 12 heteroatoms. The molecule has 1 heterocycles. The molecule has 0 bridgehead atoms. The van der Waals surface area contributed by atoms with E-state index in [1.807, 2.05) is 24.3 Å². The molecular formula is C36H53F3N4O5. The molecule has 48 heavy (non-hydrogen) atoms. The van der Waals surface area contributed by atoms with Crippen molar-refractivity contribution in [2.24, 2.45) is 5.92 Å². The lowest BCUT2D eigenvalue weighted by molar-refractivity contribution is -0.192. The van der Waals surface area contributed by atoms with Gasteiger partial charge in [0.05, 0.1) is 7.11 Å². The largest absolute Gasteiger partial charge is 0.497 e. The maximum absolute atomic E-state index is 13.6. The van der Waals surface area contributed by atoms with Gasteiger partial charge < -0.3 is 29.3 Å². The van der Waals surface area contributed by atoms with E-state index in [0.29, 0.717) is 25.6 Å². The van der Waals surface area contributed by atoms with Crippen molar-refractivity contribution < 1.29 is 37.4 Å². The number of carboxylic acids is 1. The number of aliphatic carboxylic acids is 1. The van der Waals surface area contributed by atoms with Crippen LogP contribution in [0.1, 0.15) is 70.4 Å². The van der Waals surface area contributed by atoms with Gasteiger partial charge in [-0.3, -0.25) is 4.90 Å². The molecule has 2 aromatic rings. The van der Waals surface area contributed by atoms with Gasteiger partial charge in [0.25, 0.3) is 0 Å². The van der Waals surface area contributed by atoms with Crippen molar-refractivity contribution in [3.63, 3.8) is 0 Å². The highest BCUT2D eigenvalue weighted by Crippen LogP contribution is 2.30. The summed E-state index contributed by atoms with van der Waals surface area (Å²) >= 11 is 0. The van der Waals surface area contributed by atoms with E-state index in [4.69, 9.17) is 14.6 Å². The number of carbonyl (C=O) groups excluding carboxylic acids is 2. The molecule has 0 radical (unpaired) electrons. The van der Waals surface area contributed by atoms with E-state index in [-0.39, 0.29) is 6.03 Å². The standard InChI is InChI=1S/C34H52N4O3.C2HF3O2/c1-7-19-36(21-16-27(3)8-2)30-17-22-37(23-18-30)31-12-15-33(28(4)25-31)38(20-9-24-39)34(40)35(5)26-29-10-13-32(41-6)14-11-29;3-2(4,5)1(6)7/h10-15,24-25,27,30H,7-9,16-23,26H2,1-6H3;(H,6,7). The lowest BCUT2D eigenvalue weighted by atomic mass is 9.99. The number of hydrogen-bond donors (Lipinski definition) is 1. The number of carboxylic acid groups (broad SMARTS) is 1. The van der Waals surface area contributed by atoms with Crippen molar-refractivity contribution in [3.8, 4) is 5.75 Å². The van der Waals surface area contributed by atoms with Gasteiger partial charge in [-0.15, -0.1) is 0 Å². The number of hydrogen-bond acceptors (Lipinski definition) is 6. The molecule has 1 aliphatic heterocycles. The van der Waals surface area contributed by atoms with Gasteiger partial charge in [-0.25, -0.2) is 9.59 Å². The molecule has 1 fully saturated rings. The molecule has 0 aromatic heterocycles. The van der Waals surface area contributed by atoms with E-state index < -0.39 is 12.1 Å². The Bertz CT molecular complexity index is 1280. The van der Waals surface area contributed by atoms with Crippen molar-refractivity contribution in [3.05, 3.63) is 53.6 Å². The Morgan fingerprint density at radius 1 is 1.06 bits per heavy atom. The Labute approximate surface area is 283 Å². The quantitative estimate of drug-likeness (QED) is 0.196. The number of carbonyl (C=O) groups is 3. The number of halogens is 3. The Morgan fingerprint density at radius 2 is 1.69 bits per heavy atom. The Balaban J connectivity index is 0.00000103. The number of urea groups is 1. The van der Waals surface area contributed by atoms with Gasteiger partial charge >= 0.3 is 18.2 Å². The molecule has 1 aliphatic rings. The number of rotatable bonds is 15. The molecular weight excluding hydrogens is 625 g/mol. The molecule has 2 aromatic carbocycles. The van der Waals surface area contributed by atoms with Crippen LogP contribution in [-0.4, -0.2) is 92.3 Å². The number of aldehydes is 1. The normalized spacial score (nSPS) is 14.2.